The van der Waals surface area contributed by atoms with E-state index in [0.29, 0.717) is 0 Å². The van der Waals surface area contributed by atoms with Crippen LogP contribution in [-0.4, -0.2) is 0 Å². The van der Waals surface area contributed by atoms with Gasteiger partial charge in [-0.15, -0.1) is 0 Å². The van der Waals surface area contributed by atoms with Gasteiger partial charge in [0.15, 0.2) is 17.5 Å². The lowest BCUT2D eigenvalue weighted by Gasteiger charge is -2.11. The third-order valence-corrected chi connectivity index (χ3v) is 2.96. The van der Waals surface area contributed by atoms with Crippen LogP contribution >= 0.6 is 15.9 Å². The van der Waals surface area contributed by atoms with Crippen molar-refractivity contribution in [2.45, 2.75) is 0 Å². The molecular formula is C12H7BrF4N2. The van der Waals surface area contributed by atoms with Crippen LogP contribution in [-0.2, 0) is 0 Å². The van der Waals surface area contributed by atoms with Crippen LogP contribution in [0.25, 0.3) is 0 Å². The minimum absolute atomic E-state index is 0.0789. The maximum atomic E-state index is 13.3. The van der Waals surface area contributed by atoms with Crippen LogP contribution in [0.2, 0.25) is 0 Å². The van der Waals surface area contributed by atoms with Crippen LogP contribution in [0.4, 0.5) is 34.6 Å². The number of rotatable bonds is 2. The second-order valence-corrected chi connectivity index (χ2v) is 4.59. The van der Waals surface area contributed by atoms with E-state index in [4.69, 9.17) is 5.73 Å². The SMILES string of the molecule is Nc1cc(Br)c(F)cc1Nc1cc(F)c(F)c(F)c1. The highest BCUT2D eigenvalue weighted by atomic mass is 79.9. The molecule has 0 aromatic heterocycles. The van der Waals surface area contributed by atoms with E-state index in [0.717, 1.165) is 18.2 Å². The summed E-state index contributed by atoms with van der Waals surface area (Å²) in [5.74, 6) is -4.86. The van der Waals surface area contributed by atoms with Gasteiger partial charge in [0.2, 0.25) is 0 Å². The lowest BCUT2D eigenvalue weighted by molar-refractivity contribution is 0.448. The van der Waals surface area contributed by atoms with Crippen molar-refractivity contribution in [3.05, 3.63) is 52.0 Å². The van der Waals surface area contributed by atoms with Gasteiger partial charge in [-0.25, -0.2) is 17.6 Å². The third kappa shape index (κ3) is 2.81. The van der Waals surface area contributed by atoms with E-state index >= 15 is 0 Å². The molecular weight excluding hydrogens is 328 g/mol. The Labute approximate surface area is 114 Å². The summed E-state index contributed by atoms with van der Waals surface area (Å²) >= 11 is 2.95. The van der Waals surface area contributed by atoms with Gasteiger partial charge in [0.05, 0.1) is 15.8 Å². The van der Waals surface area contributed by atoms with Crippen molar-refractivity contribution in [2.24, 2.45) is 0 Å². The van der Waals surface area contributed by atoms with Crippen LogP contribution in [0.5, 0.6) is 0 Å². The molecule has 2 aromatic rings. The van der Waals surface area contributed by atoms with Crippen molar-refractivity contribution in [3.63, 3.8) is 0 Å². The second-order valence-electron chi connectivity index (χ2n) is 3.73. The summed E-state index contributed by atoms with van der Waals surface area (Å²) in [6, 6.07) is 3.85. The zero-order valence-electron chi connectivity index (χ0n) is 9.28. The van der Waals surface area contributed by atoms with Gasteiger partial charge in [-0.05, 0) is 22.0 Å². The smallest absolute Gasteiger partial charge is 0.194 e. The Morgan fingerprint density at radius 1 is 0.895 bits per heavy atom. The number of hydrogen-bond donors (Lipinski definition) is 2. The maximum absolute atomic E-state index is 13.3. The van der Waals surface area contributed by atoms with E-state index in [2.05, 4.69) is 21.2 Å². The Hall–Kier alpha value is -1.76. The molecule has 0 amide bonds. The fourth-order valence-corrected chi connectivity index (χ4v) is 1.81. The summed E-state index contributed by atoms with van der Waals surface area (Å²) in [5, 5.41) is 2.52. The molecule has 0 saturated heterocycles. The van der Waals surface area contributed by atoms with Gasteiger partial charge in [-0.1, -0.05) is 0 Å². The molecule has 7 heteroatoms. The maximum Gasteiger partial charge on any atom is 0.194 e. The first-order chi connectivity index (χ1) is 8.88. The highest BCUT2D eigenvalue weighted by molar-refractivity contribution is 9.10. The van der Waals surface area contributed by atoms with Gasteiger partial charge < -0.3 is 11.1 Å². The molecule has 0 aliphatic rings. The zero-order valence-corrected chi connectivity index (χ0v) is 10.9. The average Bonchev–Trinajstić information content (AvgIpc) is 2.33. The molecule has 0 aliphatic heterocycles. The van der Waals surface area contributed by atoms with Crippen LogP contribution in [0.3, 0.4) is 0 Å². The first kappa shape index (κ1) is 13.7. The summed E-state index contributed by atoms with van der Waals surface area (Å²) in [6.07, 6.45) is 0. The lowest BCUT2D eigenvalue weighted by Crippen LogP contribution is -2.00. The second kappa shape index (κ2) is 5.08. The Morgan fingerprint density at radius 2 is 1.47 bits per heavy atom. The monoisotopic (exact) mass is 334 g/mol. The molecule has 0 bridgehead atoms. The molecule has 0 atom stereocenters. The van der Waals surface area contributed by atoms with Crippen molar-refractivity contribution in [1.29, 1.82) is 0 Å². The summed E-state index contributed by atoms with van der Waals surface area (Å²) in [6.45, 7) is 0. The quantitative estimate of drug-likeness (QED) is 0.487. The molecule has 2 nitrogen and oxygen atoms in total. The summed E-state index contributed by atoms with van der Waals surface area (Å²) in [5.41, 5.74) is 5.83. The number of hydrogen-bond acceptors (Lipinski definition) is 2. The molecule has 3 N–H and O–H groups in total. The number of anilines is 3. The molecule has 0 saturated carbocycles. The molecule has 0 spiro atoms. The molecule has 0 aliphatic carbocycles. The third-order valence-electron chi connectivity index (χ3n) is 2.36. The van der Waals surface area contributed by atoms with Gasteiger partial charge in [-0.3, -0.25) is 0 Å². The van der Waals surface area contributed by atoms with Crippen LogP contribution in [0.1, 0.15) is 0 Å². The highest BCUT2D eigenvalue weighted by Crippen LogP contribution is 2.29. The lowest BCUT2D eigenvalue weighted by atomic mass is 10.2. The van der Waals surface area contributed by atoms with E-state index in [1.54, 1.807) is 0 Å². The van der Waals surface area contributed by atoms with Gasteiger partial charge in [0.1, 0.15) is 5.82 Å². The van der Waals surface area contributed by atoms with Crippen LogP contribution in [0.15, 0.2) is 28.7 Å². The van der Waals surface area contributed by atoms with E-state index in [1.165, 1.54) is 6.07 Å². The Kier molecular flexibility index (Phi) is 3.66. The van der Waals surface area contributed by atoms with Crippen molar-refractivity contribution in [2.75, 3.05) is 11.1 Å². The number of nitrogens with one attached hydrogen (secondary N) is 1. The predicted molar refractivity (Wildman–Crippen MR) is 68.1 cm³/mol. The molecule has 0 heterocycles. The van der Waals surface area contributed by atoms with Crippen LogP contribution in [0, 0.1) is 23.3 Å². The molecule has 0 fully saturated rings. The average molecular weight is 335 g/mol. The Morgan fingerprint density at radius 3 is 2.05 bits per heavy atom. The number of nitrogen functional groups attached to an aromatic ring is 1. The van der Waals surface area contributed by atoms with Crippen molar-refractivity contribution in [3.8, 4) is 0 Å². The van der Waals surface area contributed by atoms with E-state index in [-0.39, 0.29) is 21.5 Å². The summed E-state index contributed by atoms with van der Waals surface area (Å²) in [4.78, 5) is 0. The van der Waals surface area contributed by atoms with E-state index < -0.39 is 23.3 Å². The van der Waals surface area contributed by atoms with Gasteiger partial charge in [-0.2, -0.15) is 0 Å². The van der Waals surface area contributed by atoms with Gasteiger partial charge in [0, 0.05) is 23.9 Å². The topological polar surface area (TPSA) is 38.0 Å². The van der Waals surface area contributed by atoms with Gasteiger partial charge >= 0.3 is 0 Å². The molecule has 100 valence electrons. The van der Waals surface area contributed by atoms with Crippen molar-refractivity contribution < 1.29 is 17.6 Å². The zero-order chi connectivity index (χ0) is 14.2. The minimum atomic E-state index is -1.57. The molecule has 19 heavy (non-hydrogen) atoms. The van der Waals surface area contributed by atoms with Crippen molar-refractivity contribution >= 4 is 33.0 Å². The van der Waals surface area contributed by atoms with Crippen molar-refractivity contribution in [1.82, 2.24) is 0 Å². The fraction of sp³-hybridized carbons (Fsp3) is 0. The molecule has 0 unspecified atom stereocenters. The first-order valence-electron chi connectivity index (χ1n) is 5.04. The summed E-state index contributed by atoms with van der Waals surface area (Å²) < 4.78 is 52.3. The Balaban J connectivity index is 2.39. The van der Waals surface area contributed by atoms with E-state index in [9.17, 15) is 17.6 Å². The normalized spacial score (nSPS) is 10.6. The van der Waals surface area contributed by atoms with E-state index in [1.807, 2.05) is 0 Å². The van der Waals surface area contributed by atoms with Crippen LogP contribution < -0.4 is 11.1 Å². The fourth-order valence-electron chi connectivity index (χ4n) is 1.45. The number of nitrogens with two attached hydrogens (primary N) is 1. The number of halogens is 5. The molecule has 2 rings (SSSR count). The molecule has 2 aromatic carbocycles. The number of benzene rings is 2. The standard InChI is InChI=1S/C12H7BrF4N2/c13-6-3-10(18)11(4-7(6)14)19-5-1-8(15)12(17)9(16)2-5/h1-4,19H,18H2. The predicted octanol–water partition coefficient (Wildman–Crippen LogP) is 4.33. The molecule has 0 radical (unpaired) electrons. The van der Waals surface area contributed by atoms with Gasteiger partial charge in [0.25, 0.3) is 0 Å². The summed E-state index contributed by atoms with van der Waals surface area (Å²) in [7, 11) is 0. The Bertz CT molecular complexity index is 623. The minimum Gasteiger partial charge on any atom is -0.397 e. The highest BCUT2D eigenvalue weighted by Gasteiger charge is 2.12. The first-order valence-corrected chi connectivity index (χ1v) is 5.84. The largest absolute Gasteiger partial charge is 0.397 e.